The van der Waals surface area contributed by atoms with Gasteiger partial charge in [0.1, 0.15) is 0 Å². The number of para-hydroxylation sites is 3. The molecule has 2 heterocycles. The monoisotopic (exact) mass is 549 g/mol. The Morgan fingerprint density at radius 1 is 0.395 bits per heavy atom. The Bertz CT molecular complexity index is 2510. The van der Waals surface area contributed by atoms with Gasteiger partial charge in [-0.15, -0.1) is 0 Å². The van der Waals surface area contributed by atoms with Crippen LogP contribution in [0, 0.1) is 0 Å². The van der Waals surface area contributed by atoms with Gasteiger partial charge in [-0.05, 0) is 88.6 Å². The first-order valence-electron chi connectivity index (χ1n) is 14.7. The summed E-state index contributed by atoms with van der Waals surface area (Å²) in [4.78, 5) is 0. The predicted molar refractivity (Wildman–Crippen MR) is 182 cm³/mol. The molecule has 0 aliphatic rings. The molecule has 0 atom stereocenters. The van der Waals surface area contributed by atoms with Crippen LogP contribution in [0.3, 0.4) is 0 Å². The Morgan fingerprint density at radius 2 is 1.05 bits per heavy atom. The maximum atomic E-state index is 6.06. The molecule has 2 N–H and O–H groups in total. The van der Waals surface area contributed by atoms with E-state index in [4.69, 9.17) is 5.73 Å². The lowest BCUT2D eigenvalue weighted by molar-refractivity contribution is 1.18. The van der Waals surface area contributed by atoms with Crippen molar-refractivity contribution in [3.05, 3.63) is 152 Å². The fourth-order valence-electron chi connectivity index (χ4n) is 6.92. The second kappa shape index (κ2) is 9.10. The maximum Gasteiger partial charge on any atom is 0.0547 e. The molecule has 202 valence electrons. The van der Waals surface area contributed by atoms with E-state index in [1.54, 1.807) is 0 Å². The number of benzene rings is 7. The van der Waals surface area contributed by atoms with E-state index >= 15 is 0 Å². The van der Waals surface area contributed by atoms with Gasteiger partial charge >= 0.3 is 0 Å². The second-order valence-corrected chi connectivity index (χ2v) is 11.3. The fourth-order valence-corrected chi connectivity index (χ4v) is 6.92. The molecule has 0 saturated carbocycles. The van der Waals surface area contributed by atoms with Gasteiger partial charge in [-0.1, -0.05) is 84.9 Å². The quantitative estimate of drug-likeness (QED) is 0.219. The van der Waals surface area contributed by atoms with Crippen molar-refractivity contribution in [1.29, 1.82) is 0 Å². The first kappa shape index (κ1) is 23.9. The number of nitrogens with two attached hydrogens (primary N) is 1. The highest BCUT2D eigenvalue weighted by Crippen LogP contribution is 2.41. The first-order chi connectivity index (χ1) is 21.2. The summed E-state index contributed by atoms with van der Waals surface area (Å²) in [6, 6.07) is 54.5. The van der Waals surface area contributed by atoms with E-state index in [0.29, 0.717) is 0 Å². The highest BCUT2D eigenvalue weighted by molar-refractivity contribution is 6.17. The zero-order chi connectivity index (χ0) is 28.5. The molecule has 0 spiro atoms. The molecule has 0 amide bonds. The molecule has 0 bridgehead atoms. The van der Waals surface area contributed by atoms with Gasteiger partial charge in [-0.25, -0.2) is 0 Å². The molecule has 7 aromatic carbocycles. The normalized spacial score (nSPS) is 11.8. The number of fused-ring (bicyclic) bond motifs is 7. The van der Waals surface area contributed by atoms with Crippen LogP contribution in [0.4, 0.5) is 5.69 Å². The number of hydrogen-bond acceptors (Lipinski definition) is 1. The average molecular weight is 550 g/mol. The molecular formula is C40H27N3. The molecule has 3 nitrogen and oxygen atoms in total. The molecule has 43 heavy (non-hydrogen) atoms. The van der Waals surface area contributed by atoms with Crippen LogP contribution < -0.4 is 5.73 Å². The van der Waals surface area contributed by atoms with Crippen molar-refractivity contribution in [3.63, 3.8) is 0 Å². The minimum Gasteiger partial charge on any atom is -0.399 e. The topological polar surface area (TPSA) is 35.9 Å². The molecule has 9 aromatic rings. The summed E-state index contributed by atoms with van der Waals surface area (Å²) in [6.45, 7) is 0. The molecule has 3 heteroatoms. The molecule has 9 rings (SSSR count). The van der Waals surface area contributed by atoms with Crippen LogP contribution in [-0.4, -0.2) is 9.13 Å². The van der Waals surface area contributed by atoms with E-state index in [0.717, 1.165) is 16.8 Å². The number of hydrogen-bond donors (Lipinski definition) is 1. The Balaban J connectivity index is 1.31. The number of anilines is 1. The van der Waals surface area contributed by atoms with Crippen molar-refractivity contribution in [1.82, 2.24) is 9.13 Å². The third kappa shape index (κ3) is 3.55. The highest BCUT2D eigenvalue weighted by Gasteiger charge is 2.18. The maximum absolute atomic E-state index is 6.06. The summed E-state index contributed by atoms with van der Waals surface area (Å²) in [5.41, 5.74) is 16.4. The molecule has 0 aliphatic heterocycles. The van der Waals surface area contributed by atoms with Gasteiger partial charge in [0.2, 0.25) is 0 Å². The molecular weight excluding hydrogens is 522 g/mol. The number of aromatic nitrogens is 2. The van der Waals surface area contributed by atoms with Gasteiger partial charge in [0.05, 0.1) is 22.1 Å². The van der Waals surface area contributed by atoms with Gasteiger partial charge in [-0.2, -0.15) is 0 Å². The van der Waals surface area contributed by atoms with E-state index in [2.05, 4.69) is 149 Å². The van der Waals surface area contributed by atoms with Crippen molar-refractivity contribution in [3.8, 4) is 22.5 Å². The summed E-state index contributed by atoms with van der Waals surface area (Å²) < 4.78 is 4.76. The van der Waals surface area contributed by atoms with Crippen LogP contribution in [0.15, 0.2) is 152 Å². The lowest BCUT2D eigenvalue weighted by Gasteiger charge is -2.11. The third-order valence-electron chi connectivity index (χ3n) is 8.80. The molecule has 0 fully saturated rings. The van der Waals surface area contributed by atoms with Crippen LogP contribution in [0.2, 0.25) is 0 Å². The smallest absolute Gasteiger partial charge is 0.0547 e. The average Bonchev–Trinajstić information content (AvgIpc) is 3.58. The Hall–Kier alpha value is -5.80. The third-order valence-corrected chi connectivity index (χ3v) is 8.80. The number of rotatable bonds is 3. The van der Waals surface area contributed by atoms with Crippen LogP contribution in [0.1, 0.15) is 0 Å². The van der Waals surface area contributed by atoms with Gasteiger partial charge in [0.25, 0.3) is 0 Å². The van der Waals surface area contributed by atoms with Gasteiger partial charge in [-0.3, -0.25) is 0 Å². The first-order valence-corrected chi connectivity index (χ1v) is 14.7. The van der Waals surface area contributed by atoms with Crippen molar-refractivity contribution in [2.24, 2.45) is 0 Å². The molecule has 0 radical (unpaired) electrons. The molecule has 2 aromatic heterocycles. The summed E-state index contributed by atoms with van der Waals surface area (Å²) >= 11 is 0. The lowest BCUT2D eigenvalue weighted by Crippen LogP contribution is -1.94. The SMILES string of the molecule is Nc1ccc2cc(-n3c4ccccc4c4cc(-c5cccc6c5c5ccccc5n6-c5ccccc5)ccc43)ccc2c1. The zero-order valence-corrected chi connectivity index (χ0v) is 23.4. The van der Waals surface area contributed by atoms with Crippen LogP contribution in [0.5, 0.6) is 0 Å². The zero-order valence-electron chi connectivity index (χ0n) is 23.4. The fraction of sp³-hybridized carbons (Fsp3) is 0. The van der Waals surface area contributed by atoms with E-state index < -0.39 is 0 Å². The number of nitrogens with zero attached hydrogens (tertiary/aromatic N) is 2. The highest BCUT2D eigenvalue weighted by atomic mass is 15.0. The van der Waals surface area contributed by atoms with Crippen molar-refractivity contribution < 1.29 is 0 Å². The van der Waals surface area contributed by atoms with E-state index in [1.165, 1.54) is 65.8 Å². The second-order valence-electron chi connectivity index (χ2n) is 11.3. The van der Waals surface area contributed by atoms with E-state index in [-0.39, 0.29) is 0 Å². The Labute approximate surface area is 248 Å². The summed E-state index contributed by atoms with van der Waals surface area (Å²) in [5, 5.41) is 7.35. The van der Waals surface area contributed by atoms with Crippen LogP contribution >= 0.6 is 0 Å². The minimum atomic E-state index is 0.784. The van der Waals surface area contributed by atoms with E-state index in [1.807, 2.05) is 12.1 Å². The summed E-state index contributed by atoms with van der Waals surface area (Å²) in [7, 11) is 0. The standard InChI is InChI=1S/C40H27N3/c41-29-20-17-27-24-31(21-18-26(27)23-29)43-36-14-6-4-11-33(36)35-25-28(19-22-38(35)43)32-13-8-16-39-40(32)34-12-5-7-15-37(34)42(39)30-9-2-1-3-10-30/h1-25H,41H2. The van der Waals surface area contributed by atoms with Crippen molar-refractivity contribution >= 4 is 60.1 Å². The van der Waals surface area contributed by atoms with Gasteiger partial charge in [0.15, 0.2) is 0 Å². The molecule has 0 unspecified atom stereocenters. The van der Waals surface area contributed by atoms with Crippen LogP contribution in [-0.2, 0) is 0 Å². The lowest BCUT2D eigenvalue weighted by atomic mass is 9.98. The van der Waals surface area contributed by atoms with E-state index in [9.17, 15) is 0 Å². The van der Waals surface area contributed by atoms with Crippen molar-refractivity contribution in [2.75, 3.05) is 5.73 Å². The molecule has 0 saturated heterocycles. The minimum absolute atomic E-state index is 0.784. The van der Waals surface area contributed by atoms with Gasteiger partial charge < -0.3 is 14.9 Å². The summed E-state index contributed by atoms with van der Waals surface area (Å²) in [5.74, 6) is 0. The summed E-state index contributed by atoms with van der Waals surface area (Å²) in [6.07, 6.45) is 0. The van der Waals surface area contributed by atoms with Crippen molar-refractivity contribution in [2.45, 2.75) is 0 Å². The predicted octanol–water partition coefficient (Wildman–Crippen LogP) is 10.3. The van der Waals surface area contributed by atoms with Crippen LogP contribution in [0.25, 0.3) is 76.9 Å². The molecule has 0 aliphatic carbocycles. The van der Waals surface area contributed by atoms with Gasteiger partial charge in [0, 0.05) is 38.6 Å². The number of nitrogen functional groups attached to an aromatic ring is 1. The Morgan fingerprint density at radius 3 is 1.91 bits per heavy atom. The Kier molecular flexibility index (Phi) is 5.05. The largest absolute Gasteiger partial charge is 0.399 e.